The van der Waals surface area contributed by atoms with Gasteiger partial charge in [0, 0.05) is 0 Å². The second kappa shape index (κ2) is 7.19. The minimum absolute atomic E-state index is 0.0735. The number of rotatable bonds is 4. The molecule has 25 heavy (non-hydrogen) atoms. The largest absolute Gasteiger partial charge is 0.458 e. The molecule has 1 fully saturated rings. The zero-order valence-corrected chi connectivity index (χ0v) is 15.8. The first-order valence-corrected chi connectivity index (χ1v) is 9.48. The van der Waals surface area contributed by atoms with E-state index in [1.165, 1.54) is 24.0 Å². The quantitative estimate of drug-likeness (QED) is 0.536. The first-order chi connectivity index (χ1) is 11.9. The molecule has 1 aromatic carbocycles. The number of carbonyl (C=O) groups excluding carboxylic acids is 1. The SMILES string of the molecule is C=C(C)[C@@H]1CCC2=C[C@H](OC(=O)Cc3ccccc3)CC(C)[C@]2(C)C1. The second-order valence-corrected chi connectivity index (χ2v) is 8.22. The van der Waals surface area contributed by atoms with Crippen LogP contribution in [-0.4, -0.2) is 12.1 Å². The highest BCUT2D eigenvalue weighted by molar-refractivity contribution is 5.72. The molecule has 2 aliphatic carbocycles. The normalized spacial score (nSPS) is 31.6. The molecule has 3 rings (SSSR count). The minimum Gasteiger partial charge on any atom is -0.458 e. The third-order valence-corrected chi connectivity index (χ3v) is 6.40. The molecule has 0 spiro atoms. The zero-order valence-electron chi connectivity index (χ0n) is 15.8. The number of carbonyl (C=O) groups is 1. The number of esters is 1. The van der Waals surface area contributed by atoms with Crippen molar-refractivity contribution in [1.29, 1.82) is 0 Å². The molecular formula is C23H30O2. The maximum atomic E-state index is 12.3. The third kappa shape index (κ3) is 3.89. The average Bonchev–Trinajstić information content (AvgIpc) is 2.56. The molecule has 0 saturated heterocycles. The van der Waals surface area contributed by atoms with E-state index in [0.717, 1.165) is 18.4 Å². The van der Waals surface area contributed by atoms with E-state index in [4.69, 9.17) is 4.74 Å². The van der Waals surface area contributed by atoms with Crippen molar-refractivity contribution in [3.8, 4) is 0 Å². The number of hydrogen-bond donors (Lipinski definition) is 0. The van der Waals surface area contributed by atoms with Crippen LogP contribution in [0, 0.1) is 17.3 Å². The van der Waals surface area contributed by atoms with Crippen molar-refractivity contribution in [2.24, 2.45) is 17.3 Å². The fourth-order valence-corrected chi connectivity index (χ4v) is 4.53. The molecule has 1 saturated carbocycles. The second-order valence-electron chi connectivity index (χ2n) is 8.22. The highest BCUT2D eigenvalue weighted by Gasteiger charge is 2.44. The van der Waals surface area contributed by atoms with Gasteiger partial charge in [0.25, 0.3) is 0 Å². The zero-order chi connectivity index (χ0) is 18.0. The number of fused-ring (bicyclic) bond motifs is 1. The standard InChI is InChI=1S/C23H30O2/c1-16(2)19-10-11-20-14-21(12-17(3)23(20,4)15-19)25-22(24)13-18-8-6-5-7-9-18/h5-9,14,17,19,21H,1,10-13,15H2,2-4H3/t17?,19-,21-,23+/m1/s1. The van der Waals surface area contributed by atoms with Gasteiger partial charge in [-0.1, -0.05) is 61.9 Å². The predicted molar refractivity (Wildman–Crippen MR) is 102 cm³/mol. The summed E-state index contributed by atoms with van der Waals surface area (Å²) in [5.74, 6) is 1.02. The molecule has 0 radical (unpaired) electrons. The van der Waals surface area contributed by atoms with E-state index in [1.54, 1.807) is 0 Å². The Balaban J connectivity index is 1.68. The summed E-state index contributed by atoms with van der Waals surface area (Å²) in [5.41, 5.74) is 4.03. The summed E-state index contributed by atoms with van der Waals surface area (Å²) < 4.78 is 5.80. The Hall–Kier alpha value is -1.83. The van der Waals surface area contributed by atoms with Crippen LogP contribution in [0.2, 0.25) is 0 Å². The molecule has 0 amide bonds. The van der Waals surface area contributed by atoms with Gasteiger partial charge in [-0.05, 0) is 61.5 Å². The van der Waals surface area contributed by atoms with Gasteiger partial charge in [0.1, 0.15) is 6.10 Å². The van der Waals surface area contributed by atoms with Crippen LogP contribution >= 0.6 is 0 Å². The Bertz CT molecular complexity index is 673. The summed E-state index contributed by atoms with van der Waals surface area (Å²) in [7, 11) is 0. The molecule has 1 unspecified atom stereocenters. The fourth-order valence-electron chi connectivity index (χ4n) is 4.53. The molecule has 1 aromatic rings. The van der Waals surface area contributed by atoms with Gasteiger partial charge in [0.2, 0.25) is 0 Å². The van der Waals surface area contributed by atoms with Crippen LogP contribution in [0.3, 0.4) is 0 Å². The fraction of sp³-hybridized carbons (Fsp3) is 0.522. The van der Waals surface area contributed by atoms with Crippen LogP contribution in [0.4, 0.5) is 0 Å². The van der Waals surface area contributed by atoms with Crippen molar-refractivity contribution < 1.29 is 9.53 Å². The first kappa shape index (κ1) is 18.0. The number of benzene rings is 1. The van der Waals surface area contributed by atoms with E-state index in [1.807, 2.05) is 30.3 Å². The van der Waals surface area contributed by atoms with E-state index in [-0.39, 0.29) is 17.5 Å². The van der Waals surface area contributed by atoms with Crippen molar-refractivity contribution in [3.63, 3.8) is 0 Å². The summed E-state index contributed by atoms with van der Waals surface area (Å²) >= 11 is 0. The Morgan fingerprint density at radius 1 is 1.32 bits per heavy atom. The Morgan fingerprint density at radius 3 is 2.72 bits per heavy atom. The van der Waals surface area contributed by atoms with E-state index >= 15 is 0 Å². The summed E-state index contributed by atoms with van der Waals surface area (Å²) in [4.78, 5) is 12.3. The highest BCUT2D eigenvalue weighted by Crippen LogP contribution is 2.53. The van der Waals surface area contributed by atoms with Crippen molar-refractivity contribution in [2.75, 3.05) is 0 Å². The predicted octanol–water partition coefficient (Wildman–Crippen LogP) is 5.49. The lowest BCUT2D eigenvalue weighted by atomic mass is 9.57. The van der Waals surface area contributed by atoms with Gasteiger partial charge in [-0.3, -0.25) is 4.79 Å². The number of hydrogen-bond acceptors (Lipinski definition) is 2. The van der Waals surface area contributed by atoms with Crippen LogP contribution < -0.4 is 0 Å². The third-order valence-electron chi connectivity index (χ3n) is 6.40. The Kier molecular flexibility index (Phi) is 5.17. The molecule has 0 aromatic heterocycles. The molecule has 134 valence electrons. The summed E-state index contributed by atoms with van der Waals surface area (Å²) in [6.07, 6.45) is 6.90. The van der Waals surface area contributed by atoms with Gasteiger partial charge in [0.15, 0.2) is 0 Å². The number of ether oxygens (including phenoxy) is 1. The van der Waals surface area contributed by atoms with E-state index in [0.29, 0.717) is 18.3 Å². The van der Waals surface area contributed by atoms with Gasteiger partial charge >= 0.3 is 5.97 Å². The molecule has 0 aliphatic heterocycles. The molecule has 0 bridgehead atoms. The average molecular weight is 338 g/mol. The summed E-state index contributed by atoms with van der Waals surface area (Å²) in [6, 6.07) is 9.82. The highest BCUT2D eigenvalue weighted by atomic mass is 16.5. The maximum absolute atomic E-state index is 12.3. The molecule has 2 nitrogen and oxygen atoms in total. The molecule has 0 heterocycles. The Morgan fingerprint density at radius 2 is 2.04 bits per heavy atom. The smallest absolute Gasteiger partial charge is 0.310 e. The summed E-state index contributed by atoms with van der Waals surface area (Å²) in [5, 5.41) is 0. The van der Waals surface area contributed by atoms with Gasteiger partial charge in [0.05, 0.1) is 6.42 Å². The van der Waals surface area contributed by atoms with Crippen molar-refractivity contribution >= 4 is 5.97 Å². The molecular weight excluding hydrogens is 308 g/mol. The van der Waals surface area contributed by atoms with E-state index < -0.39 is 0 Å². The van der Waals surface area contributed by atoms with Crippen molar-refractivity contribution in [3.05, 3.63) is 59.7 Å². The van der Waals surface area contributed by atoms with Crippen molar-refractivity contribution in [1.82, 2.24) is 0 Å². The first-order valence-electron chi connectivity index (χ1n) is 9.48. The maximum Gasteiger partial charge on any atom is 0.310 e. The molecule has 0 N–H and O–H groups in total. The minimum atomic E-state index is -0.125. The topological polar surface area (TPSA) is 26.3 Å². The van der Waals surface area contributed by atoms with Gasteiger partial charge < -0.3 is 4.74 Å². The van der Waals surface area contributed by atoms with Crippen LogP contribution in [0.1, 0.15) is 52.0 Å². The lowest BCUT2D eigenvalue weighted by Crippen LogP contribution is -2.40. The van der Waals surface area contributed by atoms with Crippen LogP contribution in [0.25, 0.3) is 0 Å². The monoisotopic (exact) mass is 338 g/mol. The molecule has 4 atom stereocenters. The van der Waals surface area contributed by atoms with Gasteiger partial charge in [-0.15, -0.1) is 0 Å². The number of allylic oxidation sites excluding steroid dienone is 2. The Labute approximate surface area is 152 Å². The molecule has 2 aliphatic rings. The van der Waals surface area contributed by atoms with Crippen LogP contribution in [0.5, 0.6) is 0 Å². The van der Waals surface area contributed by atoms with Crippen LogP contribution in [0.15, 0.2) is 54.1 Å². The van der Waals surface area contributed by atoms with Crippen molar-refractivity contribution in [2.45, 2.75) is 59.0 Å². The van der Waals surface area contributed by atoms with Gasteiger partial charge in [-0.25, -0.2) is 0 Å². The molecule has 2 heteroatoms. The van der Waals surface area contributed by atoms with E-state index in [2.05, 4.69) is 33.4 Å². The lowest BCUT2D eigenvalue weighted by molar-refractivity contribution is -0.147. The van der Waals surface area contributed by atoms with Crippen LogP contribution in [-0.2, 0) is 16.0 Å². The van der Waals surface area contributed by atoms with E-state index in [9.17, 15) is 4.79 Å². The lowest BCUT2D eigenvalue weighted by Gasteiger charge is -2.48. The van der Waals surface area contributed by atoms with Gasteiger partial charge in [-0.2, -0.15) is 0 Å². The summed E-state index contributed by atoms with van der Waals surface area (Å²) in [6.45, 7) is 11.0.